The van der Waals surface area contributed by atoms with Crippen molar-refractivity contribution in [2.45, 2.75) is 20.3 Å². The molecule has 0 amide bonds. The summed E-state index contributed by atoms with van der Waals surface area (Å²) in [6.07, 6.45) is 1.81. The molecule has 80 valence electrons. The Labute approximate surface area is 83.9 Å². The van der Waals surface area contributed by atoms with Crippen molar-refractivity contribution >= 4 is 11.9 Å². The summed E-state index contributed by atoms with van der Waals surface area (Å²) >= 11 is 0. The van der Waals surface area contributed by atoms with Gasteiger partial charge >= 0.3 is 11.9 Å². The molecule has 14 heavy (non-hydrogen) atoms. The third-order valence-corrected chi connectivity index (χ3v) is 1.44. The minimum absolute atomic E-state index is 0.188. The molecule has 0 aliphatic rings. The predicted octanol–water partition coefficient (Wildman–Crippen LogP) is 1.30. The van der Waals surface area contributed by atoms with Crippen LogP contribution in [0.25, 0.3) is 0 Å². The van der Waals surface area contributed by atoms with E-state index in [1.807, 2.05) is 0 Å². The van der Waals surface area contributed by atoms with Crippen LogP contribution in [0.15, 0.2) is 12.7 Å². The normalized spacial score (nSPS) is 9.93. The van der Waals surface area contributed by atoms with Gasteiger partial charge in [0.2, 0.25) is 0 Å². The highest BCUT2D eigenvalue weighted by molar-refractivity contribution is 5.92. The van der Waals surface area contributed by atoms with E-state index in [-0.39, 0.29) is 6.61 Å². The molecule has 0 spiro atoms. The Morgan fingerprint density at radius 2 is 2.07 bits per heavy atom. The third kappa shape index (κ3) is 7.49. The Balaban J connectivity index is 3.45. The quantitative estimate of drug-likeness (QED) is 0.281. The van der Waals surface area contributed by atoms with E-state index in [9.17, 15) is 9.59 Å². The molecule has 0 saturated heterocycles. The maximum absolute atomic E-state index is 10.8. The number of ether oxygens (including phenoxy) is 2. The lowest BCUT2D eigenvalue weighted by Gasteiger charge is -2.04. The van der Waals surface area contributed by atoms with Crippen molar-refractivity contribution in [3.05, 3.63) is 12.7 Å². The molecule has 0 aliphatic heterocycles. The summed E-state index contributed by atoms with van der Waals surface area (Å²) in [5, 5.41) is 0. The average molecular weight is 200 g/mol. The van der Waals surface area contributed by atoms with E-state index in [0.29, 0.717) is 12.5 Å². The fourth-order valence-corrected chi connectivity index (χ4v) is 0.658. The second kappa shape index (κ2) is 7.26. The van der Waals surface area contributed by atoms with Gasteiger partial charge in [0.05, 0.1) is 0 Å². The van der Waals surface area contributed by atoms with Crippen molar-refractivity contribution in [2.24, 2.45) is 5.92 Å². The highest BCUT2D eigenvalue weighted by atomic mass is 16.6. The first-order valence-corrected chi connectivity index (χ1v) is 4.51. The number of carbonyl (C=O) groups excluding carboxylic acids is 2. The molecule has 0 aromatic carbocycles. The van der Waals surface area contributed by atoms with Crippen LogP contribution in [0.2, 0.25) is 0 Å². The Morgan fingerprint density at radius 1 is 1.43 bits per heavy atom. The first kappa shape index (κ1) is 12.8. The average Bonchev–Trinajstić information content (AvgIpc) is 2.12. The van der Waals surface area contributed by atoms with Gasteiger partial charge in [0.25, 0.3) is 0 Å². The summed E-state index contributed by atoms with van der Waals surface area (Å²) < 4.78 is 9.28. The van der Waals surface area contributed by atoms with Gasteiger partial charge in [0, 0.05) is 12.7 Å². The van der Waals surface area contributed by atoms with Gasteiger partial charge in [-0.25, -0.2) is 9.59 Å². The van der Waals surface area contributed by atoms with Crippen LogP contribution in [-0.4, -0.2) is 25.2 Å². The lowest BCUT2D eigenvalue weighted by Crippen LogP contribution is -2.16. The van der Waals surface area contributed by atoms with Gasteiger partial charge in [-0.1, -0.05) is 20.4 Å². The number of carbonyl (C=O) groups is 2. The van der Waals surface area contributed by atoms with Crippen molar-refractivity contribution in [1.29, 1.82) is 0 Å². The maximum Gasteiger partial charge on any atom is 0.339 e. The first-order chi connectivity index (χ1) is 6.56. The van der Waals surface area contributed by atoms with E-state index in [4.69, 9.17) is 4.74 Å². The summed E-state index contributed by atoms with van der Waals surface area (Å²) in [5.74, 6) is -0.901. The fraction of sp³-hybridized carbons (Fsp3) is 0.600. The Kier molecular flexibility index (Phi) is 6.66. The second-order valence-electron chi connectivity index (χ2n) is 3.23. The minimum Gasteiger partial charge on any atom is -0.388 e. The van der Waals surface area contributed by atoms with Crippen LogP contribution in [0.4, 0.5) is 0 Å². The molecule has 0 atom stereocenters. The lowest BCUT2D eigenvalue weighted by atomic mass is 10.1. The summed E-state index contributed by atoms with van der Waals surface area (Å²) in [6, 6.07) is 0. The molecule has 0 aromatic rings. The van der Waals surface area contributed by atoms with Gasteiger partial charge < -0.3 is 9.47 Å². The molecule has 0 bridgehead atoms. The number of hydrogen-bond donors (Lipinski definition) is 0. The molecule has 0 heterocycles. The molecular weight excluding hydrogens is 184 g/mol. The molecule has 0 unspecified atom stereocenters. The molecule has 4 heteroatoms. The molecule has 0 radical (unpaired) electrons. The van der Waals surface area contributed by atoms with Crippen LogP contribution in [0.3, 0.4) is 0 Å². The van der Waals surface area contributed by atoms with Crippen LogP contribution in [0.5, 0.6) is 0 Å². The molecule has 0 rings (SSSR count). The highest BCUT2D eigenvalue weighted by Crippen LogP contribution is 1.98. The fourth-order valence-electron chi connectivity index (χ4n) is 0.658. The third-order valence-electron chi connectivity index (χ3n) is 1.44. The second-order valence-corrected chi connectivity index (χ2v) is 3.23. The van der Waals surface area contributed by atoms with Crippen LogP contribution in [0, 0.1) is 5.92 Å². The summed E-state index contributed by atoms with van der Waals surface area (Å²) in [4.78, 5) is 21.4. The Hall–Kier alpha value is -1.16. The Bertz CT molecular complexity index is 208. The standard InChI is InChI=1S/C10H16O4/c1-4-9(11)14-10(12)7-13-6-5-8(2)3/h4,8H,1,5-7H2,2-3H3. The van der Waals surface area contributed by atoms with Crippen molar-refractivity contribution < 1.29 is 19.1 Å². The van der Waals surface area contributed by atoms with Crippen LogP contribution in [-0.2, 0) is 19.1 Å². The number of rotatable bonds is 6. The summed E-state index contributed by atoms with van der Waals surface area (Å²) in [5.41, 5.74) is 0. The smallest absolute Gasteiger partial charge is 0.339 e. The summed E-state index contributed by atoms with van der Waals surface area (Å²) in [6.45, 7) is 7.59. The first-order valence-electron chi connectivity index (χ1n) is 4.51. The topological polar surface area (TPSA) is 52.6 Å². The molecule has 0 saturated carbocycles. The van der Waals surface area contributed by atoms with E-state index in [2.05, 4.69) is 25.2 Å². The van der Waals surface area contributed by atoms with Crippen molar-refractivity contribution in [2.75, 3.05) is 13.2 Å². The van der Waals surface area contributed by atoms with E-state index in [1.165, 1.54) is 0 Å². The number of hydrogen-bond acceptors (Lipinski definition) is 4. The van der Waals surface area contributed by atoms with Gasteiger partial charge in [0.15, 0.2) is 0 Å². The Morgan fingerprint density at radius 3 is 2.57 bits per heavy atom. The zero-order chi connectivity index (χ0) is 11.0. The maximum atomic E-state index is 10.8. The van der Waals surface area contributed by atoms with Gasteiger partial charge in [-0.3, -0.25) is 0 Å². The molecule has 0 aliphatic carbocycles. The van der Waals surface area contributed by atoms with Crippen LogP contribution < -0.4 is 0 Å². The molecule has 0 N–H and O–H groups in total. The largest absolute Gasteiger partial charge is 0.388 e. The van der Waals surface area contributed by atoms with Crippen LogP contribution >= 0.6 is 0 Å². The van der Waals surface area contributed by atoms with E-state index < -0.39 is 11.9 Å². The molecule has 4 nitrogen and oxygen atoms in total. The SMILES string of the molecule is C=CC(=O)OC(=O)COCCC(C)C. The number of esters is 2. The zero-order valence-corrected chi connectivity index (χ0v) is 8.62. The van der Waals surface area contributed by atoms with Crippen LogP contribution in [0.1, 0.15) is 20.3 Å². The van der Waals surface area contributed by atoms with Crippen molar-refractivity contribution in [3.8, 4) is 0 Å². The zero-order valence-electron chi connectivity index (χ0n) is 8.62. The van der Waals surface area contributed by atoms with Crippen molar-refractivity contribution in [1.82, 2.24) is 0 Å². The monoisotopic (exact) mass is 200 g/mol. The molecule has 0 fully saturated rings. The van der Waals surface area contributed by atoms with E-state index >= 15 is 0 Å². The minimum atomic E-state index is -0.748. The molecular formula is C10H16O4. The lowest BCUT2D eigenvalue weighted by molar-refractivity contribution is -0.159. The molecule has 0 aromatic heterocycles. The van der Waals surface area contributed by atoms with Gasteiger partial charge in [-0.2, -0.15) is 0 Å². The van der Waals surface area contributed by atoms with Gasteiger partial charge in [-0.15, -0.1) is 0 Å². The van der Waals surface area contributed by atoms with E-state index in [1.54, 1.807) is 0 Å². The summed E-state index contributed by atoms with van der Waals surface area (Å²) in [7, 11) is 0. The van der Waals surface area contributed by atoms with E-state index in [0.717, 1.165) is 12.5 Å². The van der Waals surface area contributed by atoms with Crippen molar-refractivity contribution in [3.63, 3.8) is 0 Å². The highest BCUT2D eigenvalue weighted by Gasteiger charge is 2.06. The predicted molar refractivity (Wildman–Crippen MR) is 51.6 cm³/mol. The van der Waals surface area contributed by atoms with Gasteiger partial charge in [-0.05, 0) is 12.3 Å². The van der Waals surface area contributed by atoms with Gasteiger partial charge in [0.1, 0.15) is 6.61 Å².